The van der Waals surface area contributed by atoms with Gasteiger partial charge in [0, 0.05) is 6.08 Å². The summed E-state index contributed by atoms with van der Waals surface area (Å²) in [5.74, 6) is -4.25. The van der Waals surface area contributed by atoms with Crippen LogP contribution in [0.15, 0.2) is 12.7 Å². The Hall–Kier alpha value is -1.81. The molecule has 1 N–H and O–H groups in total. The zero-order valence-electron chi connectivity index (χ0n) is 10.5. The molecule has 16 heteroatoms. The van der Waals surface area contributed by atoms with Gasteiger partial charge in [0.1, 0.15) is 0 Å². The van der Waals surface area contributed by atoms with Crippen molar-refractivity contribution in [3.05, 3.63) is 12.7 Å². The fourth-order valence-electron chi connectivity index (χ4n) is 0.638. The molecule has 0 saturated carbocycles. The number of alkyl halides is 5. The highest BCUT2D eigenvalue weighted by molar-refractivity contribution is 8.05. The molecule has 0 saturated heterocycles. The zero-order valence-corrected chi connectivity index (χ0v) is 12.1. The van der Waals surface area contributed by atoms with Crippen molar-refractivity contribution >= 4 is 32.0 Å². The first-order chi connectivity index (χ1) is 10.1. The lowest BCUT2D eigenvalue weighted by Crippen LogP contribution is -2.51. The summed E-state index contributed by atoms with van der Waals surface area (Å²) in [6.45, 7) is 1.34. The SMILES string of the molecule is C=CC(=O)OCOC(=O)C(F)(F)S(=O)(=O)NS(=O)(=O)C(F)(F)F. The smallest absolute Gasteiger partial charge is 0.425 e. The Labute approximate surface area is 125 Å². The molecule has 0 aromatic rings. The number of hydrogen-bond donors (Lipinski definition) is 1. The monoisotopic (exact) mass is 391 g/mol. The summed E-state index contributed by atoms with van der Waals surface area (Å²) in [7, 11) is -13.4. The van der Waals surface area contributed by atoms with Gasteiger partial charge in [-0.15, -0.1) is 0 Å². The summed E-state index contributed by atoms with van der Waals surface area (Å²) in [5.41, 5.74) is -6.24. The van der Waals surface area contributed by atoms with Crippen LogP contribution in [0.3, 0.4) is 0 Å². The number of carbonyl (C=O) groups is 2. The Morgan fingerprint density at radius 1 is 1.00 bits per heavy atom. The maximum atomic E-state index is 13.2. The van der Waals surface area contributed by atoms with Gasteiger partial charge in [-0.3, -0.25) is 0 Å². The zero-order chi connectivity index (χ0) is 18.7. The van der Waals surface area contributed by atoms with Crippen molar-refractivity contribution < 1.29 is 57.9 Å². The van der Waals surface area contributed by atoms with Crippen molar-refractivity contribution in [3.63, 3.8) is 0 Å². The minimum atomic E-state index is -6.73. The van der Waals surface area contributed by atoms with E-state index in [0.29, 0.717) is 6.08 Å². The van der Waals surface area contributed by atoms with Crippen LogP contribution in [-0.2, 0) is 39.1 Å². The molecule has 0 bridgehead atoms. The summed E-state index contributed by atoms with van der Waals surface area (Å²) in [4.78, 5) is 21.3. The lowest BCUT2D eigenvalue weighted by molar-refractivity contribution is -0.176. The molecule has 0 atom stereocenters. The Morgan fingerprint density at radius 3 is 1.87 bits per heavy atom. The molecule has 0 aromatic heterocycles. The van der Waals surface area contributed by atoms with Gasteiger partial charge in [-0.2, -0.15) is 22.0 Å². The highest BCUT2D eigenvalue weighted by atomic mass is 32.3. The van der Waals surface area contributed by atoms with Crippen LogP contribution in [0.5, 0.6) is 0 Å². The molecule has 0 fully saturated rings. The molecule has 23 heavy (non-hydrogen) atoms. The predicted octanol–water partition coefficient (Wildman–Crippen LogP) is -0.422. The summed E-state index contributed by atoms with van der Waals surface area (Å²) in [6, 6.07) is 0. The lowest BCUT2D eigenvalue weighted by atomic mass is 10.7. The Balaban J connectivity index is 5.21. The number of ether oxygens (including phenoxy) is 2. The lowest BCUT2D eigenvalue weighted by Gasteiger charge is -2.16. The molecule has 134 valence electrons. The van der Waals surface area contributed by atoms with E-state index in [9.17, 15) is 48.4 Å². The van der Waals surface area contributed by atoms with Crippen LogP contribution in [0.4, 0.5) is 22.0 Å². The fraction of sp³-hybridized carbons (Fsp3) is 0.429. The molecule has 9 nitrogen and oxygen atoms in total. The van der Waals surface area contributed by atoms with Crippen molar-refractivity contribution in [2.45, 2.75) is 10.8 Å². The largest absolute Gasteiger partial charge is 0.512 e. The number of esters is 2. The van der Waals surface area contributed by atoms with Crippen LogP contribution in [-0.4, -0.2) is 46.3 Å². The summed E-state index contributed by atoms with van der Waals surface area (Å²) >= 11 is 0. The molecule has 0 unspecified atom stereocenters. The average Bonchev–Trinajstić information content (AvgIpc) is 2.35. The minimum Gasteiger partial charge on any atom is -0.425 e. The van der Waals surface area contributed by atoms with Crippen molar-refractivity contribution in [1.82, 2.24) is 4.13 Å². The third-order valence-electron chi connectivity index (χ3n) is 1.66. The second-order valence-electron chi connectivity index (χ2n) is 3.27. The first-order valence-electron chi connectivity index (χ1n) is 4.77. The number of carbonyl (C=O) groups excluding carboxylic acids is 2. The summed E-state index contributed by atoms with van der Waals surface area (Å²) in [5, 5.41) is -5.73. The topological polar surface area (TPSA) is 133 Å². The number of rotatable bonds is 7. The predicted molar refractivity (Wildman–Crippen MR) is 59.2 cm³/mol. The Morgan fingerprint density at radius 2 is 1.48 bits per heavy atom. The van der Waals surface area contributed by atoms with Gasteiger partial charge in [0.15, 0.2) is 0 Å². The van der Waals surface area contributed by atoms with Crippen LogP contribution in [0, 0.1) is 0 Å². The maximum Gasteiger partial charge on any atom is 0.512 e. The fourth-order valence-corrected chi connectivity index (χ4v) is 2.87. The Bertz CT molecular complexity index is 695. The van der Waals surface area contributed by atoms with E-state index in [1.165, 1.54) is 0 Å². The molecule has 0 aliphatic heterocycles. The van der Waals surface area contributed by atoms with Gasteiger partial charge in [-0.25, -0.2) is 26.4 Å². The van der Waals surface area contributed by atoms with E-state index in [4.69, 9.17) is 0 Å². The van der Waals surface area contributed by atoms with Crippen LogP contribution >= 0.6 is 0 Å². The first kappa shape index (κ1) is 21.2. The highest BCUT2D eigenvalue weighted by Gasteiger charge is 2.59. The molecular formula is C7H6F5NO8S2. The molecular weight excluding hydrogens is 385 g/mol. The van der Waals surface area contributed by atoms with Gasteiger partial charge >= 0.3 is 42.7 Å². The van der Waals surface area contributed by atoms with E-state index in [0.717, 1.165) is 0 Å². The van der Waals surface area contributed by atoms with Crippen molar-refractivity contribution in [2.75, 3.05) is 6.79 Å². The highest BCUT2D eigenvalue weighted by Crippen LogP contribution is 2.27. The van der Waals surface area contributed by atoms with E-state index in [-0.39, 0.29) is 4.13 Å². The number of sulfonamides is 2. The van der Waals surface area contributed by atoms with Crippen LogP contribution < -0.4 is 4.13 Å². The van der Waals surface area contributed by atoms with Gasteiger partial charge in [-0.05, 0) is 0 Å². The van der Waals surface area contributed by atoms with Crippen LogP contribution in [0.1, 0.15) is 0 Å². The first-order valence-corrected chi connectivity index (χ1v) is 7.74. The normalized spacial score (nSPS) is 13.3. The average molecular weight is 391 g/mol. The molecule has 0 aliphatic carbocycles. The van der Waals surface area contributed by atoms with E-state index in [2.05, 4.69) is 16.1 Å². The quantitative estimate of drug-likeness (QED) is 0.268. The third kappa shape index (κ3) is 5.10. The van der Waals surface area contributed by atoms with Crippen molar-refractivity contribution in [1.29, 1.82) is 0 Å². The molecule has 0 radical (unpaired) electrons. The Kier molecular flexibility index (Phi) is 6.22. The number of hydrogen-bond acceptors (Lipinski definition) is 8. The van der Waals surface area contributed by atoms with E-state index in [1.54, 1.807) is 0 Å². The second-order valence-corrected chi connectivity index (χ2v) is 6.93. The third-order valence-corrected chi connectivity index (χ3v) is 4.86. The molecule has 0 aromatic carbocycles. The molecule has 0 aliphatic rings. The van der Waals surface area contributed by atoms with Crippen molar-refractivity contribution in [2.24, 2.45) is 0 Å². The van der Waals surface area contributed by atoms with Gasteiger partial charge in [-0.1, -0.05) is 10.7 Å². The van der Waals surface area contributed by atoms with Crippen LogP contribution in [0.2, 0.25) is 0 Å². The van der Waals surface area contributed by atoms with Gasteiger partial charge in [0.05, 0.1) is 0 Å². The maximum absolute atomic E-state index is 13.2. The van der Waals surface area contributed by atoms with E-state index >= 15 is 0 Å². The standard InChI is InChI=1S/C7H6F5NO8S2/c1-2-4(14)20-3-21-5(15)6(8,9)22(16,17)13-23(18,19)7(10,11)12/h2,13H,1,3H2. The minimum absolute atomic E-state index is 0.351. The van der Waals surface area contributed by atoms with Crippen LogP contribution in [0.25, 0.3) is 0 Å². The summed E-state index contributed by atoms with van der Waals surface area (Å²) in [6.07, 6.45) is 0.514. The van der Waals surface area contributed by atoms with Gasteiger partial charge < -0.3 is 9.47 Å². The molecule has 0 spiro atoms. The summed E-state index contributed by atoms with van der Waals surface area (Å²) < 4.78 is 112. The number of nitrogens with one attached hydrogen (secondary N) is 1. The van der Waals surface area contributed by atoms with E-state index in [1.807, 2.05) is 0 Å². The van der Waals surface area contributed by atoms with E-state index < -0.39 is 49.5 Å². The molecule has 0 rings (SSSR count). The van der Waals surface area contributed by atoms with Crippen molar-refractivity contribution in [3.8, 4) is 0 Å². The second kappa shape index (κ2) is 6.75. The van der Waals surface area contributed by atoms with Gasteiger partial charge in [0.25, 0.3) is 0 Å². The molecule has 0 amide bonds. The number of halogens is 5. The van der Waals surface area contributed by atoms with Gasteiger partial charge in [0.2, 0.25) is 6.79 Å². The molecule has 0 heterocycles.